The molecule has 0 aliphatic carbocycles. The van der Waals surface area contributed by atoms with Crippen LogP contribution in [0.4, 0.5) is 0 Å². The number of rotatable bonds is 1. The molecule has 1 unspecified atom stereocenters. The van der Waals surface area contributed by atoms with Crippen LogP contribution in [0.3, 0.4) is 0 Å². The van der Waals surface area contributed by atoms with Crippen molar-refractivity contribution < 1.29 is 9.90 Å². The molecule has 1 aliphatic rings. The summed E-state index contributed by atoms with van der Waals surface area (Å²) < 4.78 is 0. The fourth-order valence-electron chi connectivity index (χ4n) is 2.41. The molecule has 0 aromatic carbocycles. The SMILES string of the molecule is CC(C)(C)N1CCN(C(C)(C)C)C(C(=O)O)C1. The topological polar surface area (TPSA) is 43.8 Å². The number of hydrogen-bond donors (Lipinski definition) is 1. The van der Waals surface area contributed by atoms with Crippen molar-refractivity contribution in [1.82, 2.24) is 9.80 Å². The van der Waals surface area contributed by atoms with E-state index >= 15 is 0 Å². The Morgan fingerprint density at radius 2 is 1.59 bits per heavy atom. The first kappa shape index (κ1) is 14.5. The van der Waals surface area contributed by atoms with Crippen molar-refractivity contribution in [2.75, 3.05) is 19.6 Å². The Bertz CT molecular complexity index is 289. The smallest absolute Gasteiger partial charge is 0.322 e. The van der Waals surface area contributed by atoms with Crippen LogP contribution in [0.25, 0.3) is 0 Å². The first-order valence-electron chi connectivity index (χ1n) is 6.28. The van der Waals surface area contributed by atoms with Gasteiger partial charge < -0.3 is 5.11 Å². The molecule has 0 radical (unpaired) electrons. The van der Waals surface area contributed by atoms with Crippen LogP contribution < -0.4 is 0 Å². The lowest BCUT2D eigenvalue weighted by Gasteiger charge is -2.49. The molecule has 1 aliphatic heterocycles. The van der Waals surface area contributed by atoms with E-state index in [2.05, 4.69) is 51.3 Å². The van der Waals surface area contributed by atoms with Gasteiger partial charge in [-0.2, -0.15) is 0 Å². The minimum Gasteiger partial charge on any atom is -0.480 e. The van der Waals surface area contributed by atoms with Crippen molar-refractivity contribution >= 4 is 5.97 Å². The summed E-state index contributed by atoms with van der Waals surface area (Å²) in [5, 5.41) is 9.39. The number of carboxylic acid groups (broad SMARTS) is 1. The maximum Gasteiger partial charge on any atom is 0.322 e. The third-order valence-corrected chi connectivity index (χ3v) is 3.48. The Hall–Kier alpha value is -0.610. The van der Waals surface area contributed by atoms with Crippen LogP contribution in [0.2, 0.25) is 0 Å². The van der Waals surface area contributed by atoms with Crippen molar-refractivity contribution in [1.29, 1.82) is 0 Å². The summed E-state index contributed by atoms with van der Waals surface area (Å²) in [6.07, 6.45) is 0. The Labute approximate surface area is 105 Å². The quantitative estimate of drug-likeness (QED) is 0.759. The Kier molecular flexibility index (Phi) is 3.89. The molecular formula is C13H26N2O2. The summed E-state index contributed by atoms with van der Waals surface area (Å²) in [6.45, 7) is 15.0. The monoisotopic (exact) mass is 242 g/mol. The largest absolute Gasteiger partial charge is 0.480 e. The zero-order valence-corrected chi connectivity index (χ0v) is 11.9. The van der Waals surface area contributed by atoms with Gasteiger partial charge in [0.15, 0.2) is 0 Å². The maximum atomic E-state index is 11.4. The Morgan fingerprint density at radius 3 is 1.94 bits per heavy atom. The molecule has 1 heterocycles. The van der Waals surface area contributed by atoms with Gasteiger partial charge in [-0.1, -0.05) is 0 Å². The highest BCUT2D eigenvalue weighted by Crippen LogP contribution is 2.25. The van der Waals surface area contributed by atoms with E-state index in [1.54, 1.807) is 0 Å². The zero-order chi connectivity index (χ0) is 13.4. The molecule has 0 bridgehead atoms. The second kappa shape index (κ2) is 4.58. The zero-order valence-electron chi connectivity index (χ0n) is 11.9. The highest BCUT2D eigenvalue weighted by atomic mass is 16.4. The number of aliphatic carboxylic acids is 1. The Morgan fingerprint density at radius 1 is 1.06 bits per heavy atom. The highest BCUT2D eigenvalue weighted by Gasteiger charge is 2.40. The van der Waals surface area contributed by atoms with E-state index in [1.165, 1.54) is 0 Å². The second-order valence-electron chi connectivity index (χ2n) is 6.84. The average molecular weight is 242 g/mol. The lowest BCUT2D eigenvalue weighted by molar-refractivity contribution is -0.150. The lowest BCUT2D eigenvalue weighted by Crippen LogP contribution is -2.64. The van der Waals surface area contributed by atoms with Crippen LogP contribution in [0.15, 0.2) is 0 Å². The summed E-state index contributed by atoms with van der Waals surface area (Å²) in [5.74, 6) is -0.714. The second-order valence-corrected chi connectivity index (χ2v) is 6.84. The van der Waals surface area contributed by atoms with Crippen molar-refractivity contribution in [2.45, 2.75) is 58.7 Å². The minimum absolute atomic E-state index is 0.0394. The molecule has 17 heavy (non-hydrogen) atoms. The molecule has 1 fully saturated rings. The van der Waals surface area contributed by atoms with Gasteiger partial charge in [0.25, 0.3) is 0 Å². The van der Waals surface area contributed by atoms with Crippen LogP contribution in [0.1, 0.15) is 41.5 Å². The summed E-state index contributed by atoms with van der Waals surface area (Å²) >= 11 is 0. The standard InChI is InChI=1S/C13H26N2O2/c1-12(2,3)14-7-8-15(13(4,5)6)10(9-14)11(16)17/h10H,7-9H2,1-6H3,(H,16,17). The van der Waals surface area contributed by atoms with Gasteiger partial charge in [0.2, 0.25) is 0 Å². The number of piperazine rings is 1. The predicted molar refractivity (Wildman–Crippen MR) is 69.2 cm³/mol. The summed E-state index contributed by atoms with van der Waals surface area (Å²) in [5.41, 5.74) is -0.0509. The molecule has 0 amide bonds. The van der Waals surface area contributed by atoms with Crippen molar-refractivity contribution in [3.63, 3.8) is 0 Å². The highest BCUT2D eigenvalue weighted by molar-refractivity contribution is 5.74. The van der Waals surface area contributed by atoms with Crippen LogP contribution in [0.5, 0.6) is 0 Å². The van der Waals surface area contributed by atoms with Crippen molar-refractivity contribution in [3.8, 4) is 0 Å². The van der Waals surface area contributed by atoms with Crippen LogP contribution in [0, 0.1) is 0 Å². The molecule has 0 spiro atoms. The normalized spacial score (nSPS) is 24.9. The third-order valence-electron chi connectivity index (χ3n) is 3.48. The van der Waals surface area contributed by atoms with E-state index < -0.39 is 12.0 Å². The van der Waals surface area contributed by atoms with Crippen LogP contribution in [-0.4, -0.2) is 57.6 Å². The first-order valence-corrected chi connectivity index (χ1v) is 6.28. The lowest BCUT2D eigenvalue weighted by atomic mass is 9.97. The summed E-state index contributed by atoms with van der Waals surface area (Å²) in [7, 11) is 0. The van der Waals surface area contributed by atoms with Gasteiger partial charge in [0.05, 0.1) is 0 Å². The van der Waals surface area contributed by atoms with E-state index in [0.717, 1.165) is 13.1 Å². The number of carboxylic acids is 1. The molecular weight excluding hydrogens is 216 g/mol. The summed E-state index contributed by atoms with van der Waals surface area (Å²) in [6, 6.07) is -0.400. The fourth-order valence-corrected chi connectivity index (χ4v) is 2.41. The van der Waals surface area contributed by atoms with E-state index in [1.807, 2.05) is 0 Å². The summed E-state index contributed by atoms with van der Waals surface area (Å²) in [4.78, 5) is 15.8. The van der Waals surface area contributed by atoms with Gasteiger partial charge in [0, 0.05) is 30.7 Å². The van der Waals surface area contributed by atoms with Gasteiger partial charge in [-0.25, -0.2) is 0 Å². The number of carbonyl (C=O) groups is 1. The number of nitrogens with zero attached hydrogens (tertiary/aromatic N) is 2. The molecule has 1 saturated heterocycles. The van der Waals surface area contributed by atoms with Crippen molar-refractivity contribution in [2.24, 2.45) is 0 Å². The van der Waals surface area contributed by atoms with Gasteiger partial charge in [0.1, 0.15) is 6.04 Å². The number of hydrogen-bond acceptors (Lipinski definition) is 3. The van der Waals surface area contributed by atoms with Crippen LogP contribution in [-0.2, 0) is 4.79 Å². The molecule has 1 atom stereocenters. The van der Waals surface area contributed by atoms with E-state index in [0.29, 0.717) is 6.54 Å². The van der Waals surface area contributed by atoms with E-state index in [4.69, 9.17) is 0 Å². The molecule has 0 aromatic heterocycles. The van der Waals surface area contributed by atoms with Gasteiger partial charge in [-0.05, 0) is 41.5 Å². The van der Waals surface area contributed by atoms with E-state index in [9.17, 15) is 9.90 Å². The van der Waals surface area contributed by atoms with Gasteiger partial charge in [-0.15, -0.1) is 0 Å². The maximum absolute atomic E-state index is 11.4. The molecule has 1 N–H and O–H groups in total. The predicted octanol–water partition coefficient (Wildman–Crippen LogP) is 1.65. The van der Waals surface area contributed by atoms with E-state index in [-0.39, 0.29) is 11.1 Å². The third kappa shape index (κ3) is 3.42. The van der Waals surface area contributed by atoms with Crippen LogP contribution >= 0.6 is 0 Å². The van der Waals surface area contributed by atoms with Crippen molar-refractivity contribution in [3.05, 3.63) is 0 Å². The molecule has 4 heteroatoms. The average Bonchev–Trinajstić information content (AvgIpc) is 2.14. The Balaban J connectivity index is 2.86. The fraction of sp³-hybridized carbons (Fsp3) is 0.923. The first-order chi connectivity index (χ1) is 7.53. The minimum atomic E-state index is -0.714. The van der Waals surface area contributed by atoms with Gasteiger partial charge >= 0.3 is 5.97 Å². The molecule has 4 nitrogen and oxygen atoms in total. The molecule has 0 aromatic rings. The van der Waals surface area contributed by atoms with Gasteiger partial charge in [-0.3, -0.25) is 14.6 Å². The molecule has 100 valence electrons. The molecule has 1 rings (SSSR count). The molecule has 0 saturated carbocycles.